The van der Waals surface area contributed by atoms with Crippen LogP contribution in [0.4, 0.5) is 5.13 Å². The van der Waals surface area contributed by atoms with Gasteiger partial charge in [-0.1, -0.05) is 11.3 Å². The molecule has 0 atom stereocenters. The average molecular weight is 259 g/mol. The summed E-state index contributed by atoms with van der Waals surface area (Å²) in [6.07, 6.45) is 0.707. The number of carbonyl (C=O) groups excluding carboxylic acids is 1. The van der Waals surface area contributed by atoms with Gasteiger partial charge in [0.1, 0.15) is 4.88 Å². The third-order valence-electron chi connectivity index (χ3n) is 2.01. The number of aromatic nitrogens is 1. The van der Waals surface area contributed by atoms with Crippen molar-refractivity contribution in [2.75, 3.05) is 32.1 Å². The van der Waals surface area contributed by atoms with Gasteiger partial charge in [0.05, 0.1) is 18.9 Å². The Bertz CT molecular complexity index is 368. The smallest absolute Gasteiger partial charge is 0.263 e. The number of aliphatic hydroxyl groups excluding tert-OH is 1. The molecule has 1 amide bonds. The molecule has 1 aromatic rings. The molecule has 96 valence electrons. The van der Waals surface area contributed by atoms with Crippen molar-refractivity contribution in [2.24, 2.45) is 0 Å². The van der Waals surface area contributed by atoms with Crippen LogP contribution in [0, 0.1) is 6.92 Å². The van der Waals surface area contributed by atoms with Gasteiger partial charge < -0.3 is 20.9 Å². The number of nitrogens with one attached hydrogen (secondary N) is 1. The number of nitrogens with two attached hydrogens (primary N) is 1. The van der Waals surface area contributed by atoms with Gasteiger partial charge in [0, 0.05) is 13.2 Å². The Balaban J connectivity index is 2.23. The summed E-state index contributed by atoms with van der Waals surface area (Å²) >= 11 is 1.18. The molecule has 1 rings (SSSR count). The van der Waals surface area contributed by atoms with E-state index in [2.05, 4.69) is 10.3 Å². The van der Waals surface area contributed by atoms with Crippen LogP contribution in [0.25, 0.3) is 0 Å². The molecular weight excluding hydrogens is 242 g/mol. The first-order chi connectivity index (χ1) is 8.15. The molecule has 0 aliphatic heterocycles. The molecular formula is C10H17N3O3S. The second-order valence-corrected chi connectivity index (χ2v) is 4.44. The summed E-state index contributed by atoms with van der Waals surface area (Å²) in [4.78, 5) is 16.2. The maximum atomic E-state index is 11.7. The number of nitrogens with zero attached hydrogens (tertiary/aromatic N) is 1. The van der Waals surface area contributed by atoms with E-state index in [1.807, 2.05) is 0 Å². The normalized spacial score (nSPS) is 10.5. The lowest BCUT2D eigenvalue weighted by Gasteiger charge is -2.04. The highest BCUT2D eigenvalue weighted by Crippen LogP contribution is 2.19. The summed E-state index contributed by atoms with van der Waals surface area (Å²) < 4.78 is 5.07. The van der Waals surface area contributed by atoms with Crippen LogP contribution in [0.15, 0.2) is 0 Å². The predicted octanol–water partition coefficient (Wildman–Crippen LogP) is 0.163. The molecule has 0 fully saturated rings. The van der Waals surface area contributed by atoms with Gasteiger partial charge in [0.2, 0.25) is 0 Å². The third-order valence-corrected chi connectivity index (χ3v) is 2.99. The summed E-state index contributed by atoms with van der Waals surface area (Å²) in [6.45, 7) is 3.16. The number of anilines is 1. The van der Waals surface area contributed by atoms with Crippen molar-refractivity contribution >= 4 is 22.4 Å². The van der Waals surface area contributed by atoms with Crippen LogP contribution in [0.1, 0.15) is 21.8 Å². The minimum atomic E-state index is -0.154. The van der Waals surface area contributed by atoms with E-state index in [1.54, 1.807) is 6.92 Å². The molecule has 0 aliphatic carbocycles. The zero-order valence-corrected chi connectivity index (χ0v) is 10.5. The fourth-order valence-corrected chi connectivity index (χ4v) is 2.00. The Hall–Kier alpha value is -1.18. The van der Waals surface area contributed by atoms with E-state index in [9.17, 15) is 4.79 Å². The molecule has 4 N–H and O–H groups in total. The highest BCUT2D eigenvalue weighted by Gasteiger charge is 2.13. The van der Waals surface area contributed by atoms with Gasteiger partial charge >= 0.3 is 0 Å². The fraction of sp³-hybridized carbons (Fsp3) is 0.600. The van der Waals surface area contributed by atoms with Crippen LogP contribution in [0.5, 0.6) is 0 Å². The Morgan fingerprint density at radius 1 is 1.59 bits per heavy atom. The van der Waals surface area contributed by atoms with E-state index in [0.717, 1.165) is 0 Å². The monoisotopic (exact) mass is 259 g/mol. The van der Waals surface area contributed by atoms with E-state index in [1.165, 1.54) is 11.3 Å². The van der Waals surface area contributed by atoms with Crippen molar-refractivity contribution in [1.29, 1.82) is 0 Å². The summed E-state index contributed by atoms with van der Waals surface area (Å²) in [6, 6.07) is 0. The molecule has 6 nitrogen and oxygen atoms in total. The number of rotatable bonds is 7. The van der Waals surface area contributed by atoms with Crippen LogP contribution in [0.2, 0.25) is 0 Å². The van der Waals surface area contributed by atoms with Crippen molar-refractivity contribution in [3.05, 3.63) is 10.6 Å². The number of hydrogen-bond acceptors (Lipinski definition) is 6. The van der Waals surface area contributed by atoms with Gasteiger partial charge in [-0.15, -0.1) is 0 Å². The predicted molar refractivity (Wildman–Crippen MR) is 66.1 cm³/mol. The molecule has 0 aromatic carbocycles. The van der Waals surface area contributed by atoms with Gasteiger partial charge in [-0.2, -0.15) is 0 Å². The Kier molecular flexibility index (Phi) is 5.88. The second-order valence-electron chi connectivity index (χ2n) is 3.41. The first kappa shape index (κ1) is 13.9. The third kappa shape index (κ3) is 4.68. The number of thiazole rings is 1. The fourth-order valence-electron chi connectivity index (χ4n) is 1.25. The number of aliphatic hydroxyl groups is 1. The topological polar surface area (TPSA) is 97.5 Å². The number of amides is 1. The van der Waals surface area contributed by atoms with Gasteiger partial charge in [-0.05, 0) is 13.3 Å². The van der Waals surface area contributed by atoms with Crippen molar-refractivity contribution < 1.29 is 14.6 Å². The van der Waals surface area contributed by atoms with Gasteiger partial charge in [0.15, 0.2) is 5.13 Å². The van der Waals surface area contributed by atoms with Crippen molar-refractivity contribution in [3.63, 3.8) is 0 Å². The number of hydrogen-bond donors (Lipinski definition) is 3. The van der Waals surface area contributed by atoms with Gasteiger partial charge in [0.25, 0.3) is 5.91 Å². The van der Waals surface area contributed by atoms with Gasteiger partial charge in [-0.3, -0.25) is 4.79 Å². The lowest BCUT2D eigenvalue weighted by molar-refractivity contribution is 0.0869. The molecule has 0 unspecified atom stereocenters. The standard InChI is InChI=1S/C10H17N3O3S/c1-7-8(17-10(11)13-7)9(15)12-3-2-5-16-6-4-14/h14H,2-6H2,1H3,(H2,11,13)(H,12,15). The van der Waals surface area contributed by atoms with E-state index < -0.39 is 0 Å². The number of carbonyl (C=O) groups is 1. The number of aryl methyl sites for hydroxylation is 1. The molecule has 0 saturated carbocycles. The maximum Gasteiger partial charge on any atom is 0.263 e. The molecule has 0 saturated heterocycles. The van der Waals surface area contributed by atoms with E-state index in [4.69, 9.17) is 15.6 Å². The Labute approximate surface area is 104 Å². The van der Waals surface area contributed by atoms with Crippen LogP contribution >= 0.6 is 11.3 Å². The molecule has 1 heterocycles. The van der Waals surface area contributed by atoms with Crippen molar-refractivity contribution in [3.8, 4) is 0 Å². The molecule has 0 radical (unpaired) electrons. The zero-order chi connectivity index (χ0) is 12.7. The van der Waals surface area contributed by atoms with E-state index >= 15 is 0 Å². The zero-order valence-electron chi connectivity index (χ0n) is 9.73. The lowest BCUT2D eigenvalue weighted by Crippen LogP contribution is -2.25. The van der Waals surface area contributed by atoms with Gasteiger partial charge in [-0.25, -0.2) is 4.98 Å². The minimum absolute atomic E-state index is 0.0195. The van der Waals surface area contributed by atoms with Crippen molar-refractivity contribution in [1.82, 2.24) is 10.3 Å². The number of ether oxygens (including phenoxy) is 1. The minimum Gasteiger partial charge on any atom is -0.394 e. The van der Waals surface area contributed by atoms with Crippen LogP contribution in [-0.4, -0.2) is 42.4 Å². The summed E-state index contributed by atoms with van der Waals surface area (Å²) in [5, 5.41) is 11.6. The maximum absolute atomic E-state index is 11.7. The molecule has 0 spiro atoms. The molecule has 17 heavy (non-hydrogen) atoms. The van der Waals surface area contributed by atoms with Crippen LogP contribution < -0.4 is 11.1 Å². The Morgan fingerprint density at radius 2 is 2.35 bits per heavy atom. The first-order valence-corrected chi connectivity index (χ1v) is 6.16. The second kappa shape index (κ2) is 7.21. The number of nitrogen functional groups attached to an aromatic ring is 1. The SMILES string of the molecule is Cc1nc(N)sc1C(=O)NCCCOCCO. The summed E-state index contributed by atoms with van der Waals surface area (Å²) in [5.41, 5.74) is 6.16. The van der Waals surface area contributed by atoms with Crippen molar-refractivity contribution in [2.45, 2.75) is 13.3 Å². The quantitative estimate of drug-likeness (QED) is 0.606. The molecule has 0 bridgehead atoms. The Morgan fingerprint density at radius 3 is 2.94 bits per heavy atom. The molecule has 7 heteroatoms. The largest absolute Gasteiger partial charge is 0.394 e. The summed E-state index contributed by atoms with van der Waals surface area (Å²) in [7, 11) is 0. The first-order valence-electron chi connectivity index (χ1n) is 5.35. The van der Waals surface area contributed by atoms with E-state index in [0.29, 0.717) is 41.9 Å². The molecule has 0 aliphatic rings. The van der Waals surface area contributed by atoms with Crippen LogP contribution in [-0.2, 0) is 4.74 Å². The summed E-state index contributed by atoms with van der Waals surface area (Å²) in [5.74, 6) is -0.154. The molecule has 1 aromatic heterocycles. The lowest BCUT2D eigenvalue weighted by atomic mass is 10.3. The highest BCUT2D eigenvalue weighted by molar-refractivity contribution is 7.17. The highest BCUT2D eigenvalue weighted by atomic mass is 32.1. The van der Waals surface area contributed by atoms with E-state index in [-0.39, 0.29) is 12.5 Å². The average Bonchev–Trinajstić information content (AvgIpc) is 2.62. The van der Waals surface area contributed by atoms with Crippen LogP contribution in [0.3, 0.4) is 0 Å².